The van der Waals surface area contributed by atoms with E-state index in [0.717, 1.165) is 32.1 Å². The predicted molar refractivity (Wildman–Crippen MR) is 122 cm³/mol. The van der Waals surface area contributed by atoms with Gasteiger partial charge in [0.05, 0.1) is 16.8 Å². The Morgan fingerprint density at radius 3 is 2.40 bits per heavy atom. The Labute approximate surface area is 189 Å². The van der Waals surface area contributed by atoms with Crippen molar-refractivity contribution in [1.82, 2.24) is 15.5 Å². The van der Waals surface area contributed by atoms with E-state index in [4.69, 9.17) is 23.2 Å². The van der Waals surface area contributed by atoms with Gasteiger partial charge in [-0.1, -0.05) is 55.3 Å². The molecule has 166 valence electrons. The monoisotopic (exact) mass is 454 g/mol. The number of hydrogen-bond acceptors (Lipinski definition) is 2. The molecule has 30 heavy (non-hydrogen) atoms. The first kappa shape index (κ1) is 23.0. The van der Waals surface area contributed by atoms with Crippen LogP contribution in [0.1, 0.15) is 64.2 Å². The number of urea groups is 2. The van der Waals surface area contributed by atoms with Crippen molar-refractivity contribution in [2.24, 2.45) is 0 Å². The molecule has 1 saturated heterocycles. The molecule has 1 aromatic carbocycles. The summed E-state index contributed by atoms with van der Waals surface area (Å²) in [6.07, 6.45) is 11.1. The number of anilines is 1. The Hall–Kier alpha value is -1.66. The quantitative estimate of drug-likeness (QED) is 0.538. The fourth-order valence-electron chi connectivity index (χ4n) is 4.31. The summed E-state index contributed by atoms with van der Waals surface area (Å²) in [6, 6.07) is 4.88. The molecule has 6 nitrogen and oxygen atoms in total. The first-order valence-electron chi connectivity index (χ1n) is 11.1. The van der Waals surface area contributed by atoms with Gasteiger partial charge in [-0.2, -0.15) is 0 Å². The smallest absolute Gasteiger partial charge is 0.322 e. The van der Waals surface area contributed by atoms with E-state index in [0.29, 0.717) is 28.8 Å². The van der Waals surface area contributed by atoms with Gasteiger partial charge in [0.1, 0.15) is 0 Å². The minimum absolute atomic E-state index is 0.0343. The summed E-state index contributed by atoms with van der Waals surface area (Å²) in [6.45, 7) is 1.11. The highest BCUT2D eigenvalue weighted by Gasteiger charge is 2.27. The van der Waals surface area contributed by atoms with Crippen molar-refractivity contribution < 1.29 is 9.59 Å². The van der Waals surface area contributed by atoms with Gasteiger partial charge < -0.3 is 20.9 Å². The van der Waals surface area contributed by atoms with Crippen molar-refractivity contribution in [2.75, 3.05) is 18.4 Å². The number of piperidine rings is 1. The third-order valence-corrected chi connectivity index (χ3v) is 6.55. The largest absolute Gasteiger partial charge is 0.336 e. The van der Waals surface area contributed by atoms with Crippen molar-refractivity contribution in [1.29, 1.82) is 0 Å². The molecule has 1 aliphatic heterocycles. The molecule has 1 atom stereocenters. The van der Waals surface area contributed by atoms with Crippen molar-refractivity contribution in [3.63, 3.8) is 0 Å². The number of nitrogens with one attached hydrogen (secondary N) is 3. The van der Waals surface area contributed by atoms with Crippen LogP contribution in [0, 0.1) is 0 Å². The number of hydrogen-bond donors (Lipinski definition) is 3. The third-order valence-electron chi connectivity index (χ3n) is 6.00. The summed E-state index contributed by atoms with van der Waals surface area (Å²) in [4.78, 5) is 27.1. The number of halogens is 2. The molecular weight excluding hydrogens is 423 g/mol. The number of carbonyl (C=O) groups is 2. The Morgan fingerprint density at radius 2 is 1.67 bits per heavy atom. The van der Waals surface area contributed by atoms with E-state index in [2.05, 4.69) is 16.0 Å². The summed E-state index contributed by atoms with van der Waals surface area (Å²) in [5, 5.41) is 9.91. The van der Waals surface area contributed by atoms with E-state index in [9.17, 15) is 9.59 Å². The average Bonchev–Trinajstić information content (AvgIpc) is 2.70. The molecule has 0 aromatic heterocycles. The maximum absolute atomic E-state index is 12.8. The molecule has 3 N–H and O–H groups in total. The lowest BCUT2D eigenvalue weighted by Gasteiger charge is -2.36. The topological polar surface area (TPSA) is 73.5 Å². The molecule has 2 aliphatic rings. The van der Waals surface area contributed by atoms with Crippen LogP contribution in [0.5, 0.6) is 0 Å². The fraction of sp³-hybridized carbons (Fsp3) is 0.636. The summed E-state index contributed by atoms with van der Waals surface area (Å²) in [5.74, 6) is 0. The van der Waals surface area contributed by atoms with Crippen molar-refractivity contribution in [2.45, 2.75) is 76.3 Å². The van der Waals surface area contributed by atoms with Crippen LogP contribution < -0.4 is 16.0 Å². The molecule has 0 radical (unpaired) electrons. The van der Waals surface area contributed by atoms with Gasteiger partial charge in [-0.25, -0.2) is 9.59 Å². The van der Waals surface area contributed by atoms with Crippen LogP contribution in [0.3, 0.4) is 0 Å². The Morgan fingerprint density at radius 1 is 0.967 bits per heavy atom. The normalized spacial score (nSPS) is 20.7. The summed E-state index contributed by atoms with van der Waals surface area (Å²) in [7, 11) is 0. The minimum Gasteiger partial charge on any atom is -0.336 e. The lowest BCUT2D eigenvalue weighted by Crippen LogP contribution is -2.52. The zero-order valence-electron chi connectivity index (χ0n) is 17.4. The second kappa shape index (κ2) is 11.7. The molecule has 1 unspecified atom stereocenters. The SMILES string of the molecule is O=C(NCC1CCCCN1C(=O)Nc1ccc(Cl)cc1Cl)NC1CCCCCCC1. The Balaban J connectivity index is 1.50. The van der Waals surface area contributed by atoms with Crippen LogP contribution in [0.15, 0.2) is 18.2 Å². The van der Waals surface area contributed by atoms with E-state index >= 15 is 0 Å². The third kappa shape index (κ3) is 6.95. The molecule has 1 aliphatic carbocycles. The minimum atomic E-state index is -0.203. The van der Waals surface area contributed by atoms with Crippen LogP contribution in [0.25, 0.3) is 0 Å². The molecule has 1 aromatic rings. The number of rotatable bonds is 4. The van der Waals surface area contributed by atoms with Crippen LogP contribution in [0.2, 0.25) is 10.0 Å². The van der Waals surface area contributed by atoms with Gasteiger partial charge in [-0.15, -0.1) is 0 Å². The van der Waals surface area contributed by atoms with Gasteiger partial charge in [0.2, 0.25) is 0 Å². The average molecular weight is 455 g/mol. The van der Waals surface area contributed by atoms with Gasteiger partial charge in [-0.05, 0) is 50.3 Å². The summed E-state index contributed by atoms with van der Waals surface area (Å²) < 4.78 is 0. The summed E-state index contributed by atoms with van der Waals surface area (Å²) >= 11 is 12.1. The van der Waals surface area contributed by atoms with Gasteiger partial charge >= 0.3 is 12.1 Å². The number of likely N-dealkylation sites (tertiary alicyclic amines) is 1. The molecule has 4 amide bonds. The number of nitrogens with zero attached hydrogens (tertiary/aromatic N) is 1. The van der Waals surface area contributed by atoms with E-state index in [1.807, 2.05) is 0 Å². The van der Waals surface area contributed by atoms with E-state index < -0.39 is 0 Å². The molecular formula is C22H32Cl2N4O2. The zero-order valence-corrected chi connectivity index (χ0v) is 18.9. The van der Waals surface area contributed by atoms with Gasteiger partial charge in [0.15, 0.2) is 0 Å². The molecule has 1 heterocycles. The Kier molecular flexibility index (Phi) is 8.94. The first-order valence-corrected chi connectivity index (χ1v) is 11.9. The van der Waals surface area contributed by atoms with E-state index in [1.54, 1.807) is 23.1 Å². The summed E-state index contributed by atoms with van der Waals surface area (Å²) in [5.41, 5.74) is 0.533. The standard InChI is InChI=1S/C22H32Cl2N4O2/c23-16-11-12-20(19(24)14-16)27-22(30)28-13-7-6-10-18(28)15-25-21(29)26-17-8-4-2-1-3-5-9-17/h11-12,14,17-18H,1-10,13,15H2,(H,27,30)(H2,25,26,29). The Bertz CT molecular complexity index is 723. The molecule has 0 bridgehead atoms. The highest BCUT2D eigenvalue weighted by atomic mass is 35.5. The van der Waals surface area contributed by atoms with Crippen LogP contribution >= 0.6 is 23.2 Å². The molecule has 1 saturated carbocycles. The second-order valence-electron chi connectivity index (χ2n) is 8.29. The zero-order chi connectivity index (χ0) is 21.3. The maximum atomic E-state index is 12.8. The van der Waals surface area contributed by atoms with E-state index in [1.165, 1.54) is 32.1 Å². The maximum Gasteiger partial charge on any atom is 0.322 e. The lowest BCUT2D eigenvalue weighted by molar-refractivity contribution is 0.160. The molecule has 8 heteroatoms. The molecule has 0 spiro atoms. The van der Waals surface area contributed by atoms with Gasteiger partial charge in [0, 0.05) is 24.2 Å². The highest BCUT2D eigenvalue weighted by Crippen LogP contribution is 2.26. The van der Waals surface area contributed by atoms with Gasteiger partial charge in [-0.3, -0.25) is 0 Å². The van der Waals surface area contributed by atoms with Crippen LogP contribution in [0.4, 0.5) is 15.3 Å². The first-order chi connectivity index (χ1) is 14.5. The van der Waals surface area contributed by atoms with Crippen molar-refractivity contribution in [3.05, 3.63) is 28.2 Å². The number of benzene rings is 1. The number of carbonyl (C=O) groups excluding carboxylic acids is 2. The predicted octanol–water partition coefficient (Wildman–Crippen LogP) is 5.79. The lowest BCUT2D eigenvalue weighted by atomic mass is 9.97. The van der Waals surface area contributed by atoms with Crippen molar-refractivity contribution >= 4 is 41.0 Å². The highest BCUT2D eigenvalue weighted by molar-refractivity contribution is 6.36. The second-order valence-corrected chi connectivity index (χ2v) is 9.14. The van der Waals surface area contributed by atoms with E-state index in [-0.39, 0.29) is 24.1 Å². The van der Waals surface area contributed by atoms with Crippen molar-refractivity contribution in [3.8, 4) is 0 Å². The number of amides is 4. The van der Waals surface area contributed by atoms with Gasteiger partial charge in [0.25, 0.3) is 0 Å². The molecule has 3 rings (SSSR count). The van der Waals surface area contributed by atoms with Crippen LogP contribution in [-0.2, 0) is 0 Å². The fourth-order valence-corrected chi connectivity index (χ4v) is 4.76. The van der Waals surface area contributed by atoms with Crippen LogP contribution in [-0.4, -0.2) is 42.1 Å². The molecule has 2 fully saturated rings.